The molecule has 296 valence electrons. The van der Waals surface area contributed by atoms with E-state index in [1.807, 2.05) is 0 Å². The Morgan fingerprint density at radius 1 is 0.365 bits per heavy atom. The summed E-state index contributed by atoms with van der Waals surface area (Å²) in [5, 5.41) is -3.41. The lowest BCUT2D eigenvalue weighted by Crippen LogP contribution is -2.12. The second-order valence-corrected chi connectivity index (χ2v) is 13.0. The van der Waals surface area contributed by atoms with Crippen LogP contribution in [0.1, 0.15) is 54.8 Å². The molecule has 12 rings (SSSR count). The Balaban J connectivity index is 1.42. The van der Waals surface area contributed by atoms with Crippen LogP contribution in [0.15, 0.2) is 246 Å². The maximum atomic E-state index is 10.6. The zero-order chi connectivity index (χ0) is 76.5. The number of para-hydroxylation sites is 4. The first kappa shape index (κ1) is 14.1. The van der Waals surface area contributed by atoms with Crippen molar-refractivity contribution in [1.29, 1.82) is 0 Å². The molecule has 0 aliphatic carbocycles. The third kappa shape index (κ3) is 6.21. The fourth-order valence-corrected chi connectivity index (χ4v) is 6.98. The molecule has 0 aliphatic heterocycles. The fraction of sp³-hybridized carbons (Fsp3) is 0. The van der Waals surface area contributed by atoms with Crippen molar-refractivity contribution in [3.05, 3.63) is 242 Å². The zero-order valence-corrected chi connectivity index (χ0v) is 31.3. The second-order valence-electron chi connectivity index (χ2n) is 13.0. The number of furan rings is 1. The Morgan fingerprint density at radius 3 is 1.56 bits per heavy atom. The summed E-state index contributed by atoms with van der Waals surface area (Å²) in [6, 6.07) is -48.0. The van der Waals surface area contributed by atoms with Crippen LogP contribution in [0.2, 0.25) is 0 Å². The smallest absolute Gasteiger partial charge is 0.145 e. The molecule has 0 fully saturated rings. The van der Waals surface area contributed by atoms with Crippen LogP contribution in [-0.4, -0.2) is 4.57 Å². The minimum absolute atomic E-state index is 0.219. The van der Waals surface area contributed by atoms with Crippen LogP contribution in [0.3, 0.4) is 0 Å². The fourth-order valence-electron chi connectivity index (χ4n) is 6.98. The lowest BCUT2D eigenvalue weighted by atomic mass is 9.95. The van der Waals surface area contributed by atoms with Gasteiger partial charge >= 0.3 is 0 Å². The molecule has 12 aromatic rings. The average molecular weight is 845 g/mol. The van der Waals surface area contributed by atoms with Gasteiger partial charge in [-0.1, -0.05) is 181 Å². The molecule has 63 heavy (non-hydrogen) atoms. The Bertz CT molecular complexity index is 5820. The van der Waals surface area contributed by atoms with Gasteiger partial charge in [0.05, 0.1) is 88.3 Å². The lowest BCUT2D eigenvalue weighted by molar-refractivity contribution is 0.670. The molecule has 0 spiro atoms. The van der Waals surface area contributed by atoms with E-state index in [-0.39, 0.29) is 4.90 Å². The molecule has 0 saturated heterocycles. The van der Waals surface area contributed by atoms with Crippen molar-refractivity contribution in [2.45, 2.75) is 0 Å². The number of anilines is 3. The summed E-state index contributed by atoms with van der Waals surface area (Å²) in [7, 11) is 0. The van der Waals surface area contributed by atoms with Gasteiger partial charge in [-0.05, 0) is 88.2 Å². The van der Waals surface area contributed by atoms with Gasteiger partial charge in [-0.15, -0.1) is 0 Å². The average Bonchev–Trinajstić information content (AvgIpc) is 1.66. The largest absolute Gasteiger partial charge is 0.455 e. The molecule has 3 nitrogen and oxygen atoms in total. The third-order valence-electron chi connectivity index (χ3n) is 9.60. The molecule has 3 heteroatoms. The highest BCUT2D eigenvalue weighted by molar-refractivity contribution is 6.18. The van der Waals surface area contributed by atoms with E-state index in [9.17, 15) is 24.7 Å². The van der Waals surface area contributed by atoms with E-state index in [4.69, 9.17) is 34.6 Å². The summed E-state index contributed by atoms with van der Waals surface area (Å²) in [5.74, 6) is 0. The Labute approximate surface area is 422 Å². The minimum atomic E-state index is -1.55. The van der Waals surface area contributed by atoms with Gasteiger partial charge in [-0.25, -0.2) is 0 Å². The van der Waals surface area contributed by atoms with Gasteiger partial charge in [0.15, 0.2) is 0 Å². The summed E-state index contributed by atoms with van der Waals surface area (Å²) < 4.78 is 377. The van der Waals surface area contributed by atoms with Gasteiger partial charge in [0, 0.05) is 38.5 Å². The Morgan fingerprint density at radius 2 is 0.873 bits per heavy atom. The quantitative estimate of drug-likeness (QED) is 0.152. The first-order chi connectivity index (χ1) is 47.9. The summed E-state index contributed by atoms with van der Waals surface area (Å²) in [4.78, 5) is 0.219. The second kappa shape index (κ2) is 15.3. The standard InChI is InChI=1S/C60H40N2O/c1-4-18-41(19-5-1)43-32-35-46(36-33-43)61(56-38-34-45(42-20-6-2-7-21-42)40-52(56)44-22-8-3-9-23-44)57-39-37-50(60-59(57)51-27-13-17-31-58(51)63-60)49-26-12-16-30-55(49)62-53-28-14-10-24-47(53)48-25-11-15-29-54(48)62/h1-40H/i1D,2D,3D,4D,5D,6D,7D,8D,9D,10D,11D,12D,13D,14D,15D,16D,17D,18D,19D,20D,21D,22D,23D,24D,25D,26D,27D,28D,29D,30D,31D,32D,33D,34D,35D,36D,37D,38D,39D,40D. The molecule has 0 bridgehead atoms. The van der Waals surface area contributed by atoms with Gasteiger partial charge in [0.25, 0.3) is 0 Å². The van der Waals surface area contributed by atoms with Crippen LogP contribution in [0, 0.1) is 0 Å². The normalized spacial score (nSPS) is 20.4. The lowest BCUT2D eigenvalue weighted by Gasteiger charge is -2.29. The number of rotatable bonds is 8. The van der Waals surface area contributed by atoms with Crippen molar-refractivity contribution in [3.8, 4) is 50.2 Å². The van der Waals surface area contributed by atoms with E-state index in [0.29, 0.717) is 4.57 Å². The Hall–Kier alpha value is -8.40. The van der Waals surface area contributed by atoms with Crippen LogP contribution < -0.4 is 4.90 Å². The molecule has 0 unspecified atom stereocenters. The van der Waals surface area contributed by atoms with Crippen molar-refractivity contribution in [2.24, 2.45) is 0 Å². The molecule has 0 aliphatic rings. The predicted molar refractivity (Wildman–Crippen MR) is 264 cm³/mol. The number of nitrogens with zero attached hydrogens (tertiary/aromatic N) is 2. The number of aromatic nitrogens is 1. The summed E-state index contributed by atoms with van der Waals surface area (Å²) in [5.41, 5.74) is -18.1. The maximum Gasteiger partial charge on any atom is 0.145 e. The number of benzene rings is 10. The van der Waals surface area contributed by atoms with Crippen molar-refractivity contribution >= 4 is 60.8 Å². The molecule has 0 N–H and O–H groups in total. The maximum absolute atomic E-state index is 10.6. The number of hydrogen-bond acceptors (Lipinski definition) is 2. The van der Waals surface area contributed by atoms with Crippen molar-refractivity contribution in [3.63, 3.8) is 0 Å². The van der Waals surface area contributed by atoms with Crippen LogP contribution in [0.5, 0.6) is 0 Å². The van der Waals surface area contributed by atoms with Crippen LogP contribution in [0.25, 0.3) is 93.9 Å². The topological polar surface area (TPSA) is 21.3 Å². The molecule has 0 amide bonds. The van der Waals surface area contributed by atoms with E-state index in [2.05, 4.69) is 0 Å². The van der Waals surface area contributed by atoms with Crippen molar-refractivity contribution in [1.82, 2.24) is 4.57 Å². The van der Waals surface area contributed by atoms with Gasteiger partial charge in [-0.3, -0.25) is 0 Å². The third-order valence-corrected chi connectivity index (χ3v) is 9.60. The summed E-state index contributed by atoms with van der Waals surface area (Å²) in [6.45, 7) is 0. The van der Waals surface area contributed by atoms with E-state index < -0.39 is 353 Å². The van der Waals surface area contributed by atoms with E-state index in [1.165, 1.54) is 0 Å². The SMILES string of the molecule is [2H]c1c([2H])c([2H])c(-c2c([2H])c([2H])c(N(c3c([2H])c([2H])c(-c4c([2H])c([2H])c([2H])c([2H])c4[2H])c([2H])c3-c3c([2H])c([2H])c([2H])c([2H])c3[2H])c3c([2H])c([2H])c(-c4c([2H])c([2H])c([2H])c([2H])c4-n4c5c([2H])c([2H])c([2H])c([2H])c5c5c([2H])c([2H])c([2H])c([2H])c54)c4oc5c([2H])c([2H])c([2H])c([2H])c5c34)c([2H])c2[2H])c([2H])c1[2H]. The summed E-state index contributed by atoms with van der Waals surface area (Å²) in [6.07, 6.45) is 0. The molecule has 10 aromatic carbocycles. The van der Waals surface area contributed by atoms with E-state index in [1.54, 1.807) is 0 Å². The van der Waals surface area contributed by atoms with Gasteiger partial charge < -0.3 is 13.9 Å². The molecular weight excluding hydrogens is 765 g/mol. The van der Waals surface area contributed by atoms with Gasteiger partial charge in [-0.2, -0.15) is 0 Å². The highest BCUT2D eigenvalue weighted by atomic mass is 16.3. The van der Waals surface area contributed by atoms with Crippen LogP contribution in [0.4, 0.5) is 17.1 Å². The monoisotopic (exact) mass is 845 g/mol. The predicted octanol–water partition coefficient (Wildman–Crippen LogP) is 16.8. The first-order valence-electron chi connectivity index (χ1n) is 38.2. The highest BCUT2D eigenvalue weighted by Gasteiger charge is 2.26. The van der Waals surface area contributed by atoms with Gasteiger partial charge in [0.1, 0.15) is 11.2 Å². The minimum Gasteiger partial charge on any atom is -0.455 e. The highest BCUT2D eigenvalue weighted by Crippen LogP contribution is 2.50. The molecule has 0 saturated carbocycles. The molecule has 2 aromatic heterocycles. The summed E-state index contributed by atoms with van der Waals surface area (Å²) >= 11 is 0. The first-order valence-corrected chi connectivity index (χ1v) is 18.2. The van der Waals surface area contributed by atoms with E-state index in [0.717, 1.165) is 0 Å². The van der Waals surface area contributed by atoms with Crippen LogP contribution in [-0.2, 0) is 0 Å². The number of fused-ring (bicyclic) bond motifs is 6. The molecule has 2 heterocycles. The van der Waals surface area contributed by atoms with E-state index >= 15 is 0 Å². The molecular formula is C60H40N2O. The molecule has 0 atom stereocenters. The van der Waals surface area contributed by atoms with Crippen molar-refractivity contribution in [2.75, 3.05) is 4.90 Å². The molecule has 0 radical (unpaired) electrons. The van der Waals surface area contributed by atoms with Gasteiger partial charge in [0.2, 0.25) is 0 Å². The van der Waals surface area contributed by atoms with Crippen molar-refractivity contribution < 1.29 is 59.2 Å². The zero-order valence-electron chi connectivity index (χ0n) is 71.3. The van der Waals surface area contributed by atoms with Crippen LogP contribution >= 0.6 is 0 Å². The number of hydrogen-bond donors (Lipinski definition) is 0. The Kier molecular flexibility index (Phi) is 3.41.